The summed E-state index contributed by atoms with van der Waals surface area (Å²) in [7, 11) is 0. The Morgan fingerprint density at radius 2 is 2.21 bits per heavy atom. The largest absolute Gasteiger partial charge is 0.334 e. The van der Waals surface area contributed by atoms with Crippen molar-refractivity contribution in [2.24, 2.45) is 5.73 Å². The van der Waals surface area contributed by atoms with Gasteiger partial charge in [0.15, 0.2) is 0 Å². The lowest BCUT2D eigenvalue weighted by atomic mass is 10.0. The molecule has 0 fully saturated rings. The molecule has 19 heavy (non-hydrogen) atoms. The second kappa shape index (κ2) is 5.27. The predicted octanol–water partition coefficient (Wildman–Crippen LogP) is 2.16. The van der Waals surface area contributed by atoms with Gasteiger partial charge in [0.1, 0.15) is 0 Å². The van der Waals surface area contributed by atoms with Gasteiger partial charge >= 0.3 is 0 Å². The molecule has 0 bridgehead atoms. The molecule has 0 saturated carbocycles. The van der Waals surface area contributed by atoms with Crippen LogP contribution in [0.3, 0.4) is 0 Å². The van der Waals surface area contributed by atoms with Crippen LogP contribution in [0.4, 0.5) is 5.95 Å². The minimum absolute atomic E-state index is 0.357. The number of hydrogen-bond donors (Lipinski definition) is 1. The number of thiophene rings is 1. The molecule has 1 atom stereocenters. The molecule has 1 aliphatic heterocycles. The number of nitrogens with two attached hydrogens (primary N) is 1. The average molecular weight is 274 g/mol. The van der Waals surface area contributed by atoms with Gasteiger partial charge in [0.05, 0.1) is 6.04 Å². The molecule has 0 aliphatic carbocycles. The molecule has 0 aromatic carbocycles. The fourth-order valence-corrected chi connectivity index (χ4v) is 3.54. The standard InChI is InChI=1S/C14H18N4S/c1-10-12-4-7-19-13(12)3-6-18(10)14-16-8-11(2-5-15)9-17-14/h4,7-10H,2-3,5-6,15H2,1H3. The molecule has 4 nitrogen and oxygen atoms in total. The molecule has 3 rings (SSSR count). The maximum absolute atomic E-state index is 5.54. The second-order valence-corrected chi connectivity index (χ2v) is 5.85. The maximum Gasteiger partial charge on any atom is 0.225 e. The minimum Gasteiger partial charge on any atom is -0.334 e. The Kier molecular flexibility index (Phi) is 3.48. The van der Waals surface area contributed by atoms with E-state index in [1.165, 1.54) is 10.4 Å². The third-order valence-corrected chi connectivity index (χ3v) is 4.66. The summed E-state index contributed by atoms with van der Waals surface area (Å²) in [6.07, 6.45) is 5.71. The fraction of sp³-hybridized carbons (Fsp3) is 0.429. The Bertz CT molecular complexity index is 549. The molecule has 100 valence electrons. The van der Waals surface area contributed by atoms with Gasteiger partial charge < -0.3 is 10.6 Å². The lowest BCUT2D eigenvalue weighted by molar-refractivity contribution is 0.615. The van der Waals surface area contributed by atoms with Crippen LogP contribution in [0.1, 0.15) is 29.0 Å². The highest BCUT2D eigenvalue weighted by Gasteiger charge is 2.26. The highest BCUT2D eigenvalue weighted by molar-refractivity contribution is 7.10. The van der Waals surface area contributed by atoms with Gasteiger partial charge in [-0.05, 0) is 48.9 Å². The maximum atomic E-state index is 5.54. The molecule has 2 N–H and O–H groups in total. The number of anilines is 1. The van der Waals surface area contributed by atoms with Gasteiger partial charge in [0.25, 0.3) is 0 Å². The van der Waals surface area contributed by atoms with E-state index in [-0.39, 0.29) is 0 Å². The highest BCUT2D eigenvalue weighted by Crippen LogP contribution is 2.34. The number of nitrogens with zero attached hydrogens (tertiary/aromatic N) is 3. The van der Waals surface area contributed by atoms with E-state index in [9.17, 15) is 0 Å². The van der Waals surface area contributed by atoms with E-state index in [1.807, 2.05) is 23.7 Å². The van der Waals surface area contributed by atoms with Gasteiger partial charge in [-0.2, -0.15) is 0 Å². The molecule has 3 heterocycles. The van der Waals surface area contributed by atoms with Crippen LogP contribution >= 0.6 is 11.3 Å². The van der Waals surface area contributed by atoms with E-state index in [2.05, 4.69) is 33.2 Å². The Morgan fingerprint density at radius 1 is 1.42 bits per heavy atom. The van der Waals surface area contributed by atoms with Gasteiger partial charge in [-0.1, -0.05) is 0 Å². The summed E-state index contributed by atoms with van der Waals surface area (Å²) < 4.78 is 0. The van der Waals surface area contributed by atoms with Crippen molar-refractivity contribution in [2.75, 3.05) is 18.0 Å². The fourth-order valence-electron chi connectivity index (χ4n) is 2.57. The number of fused-ring (bicyclic) bond motifs is 1. The second-order valence-electron chi connectivity index (χ2n) is 4.85. The van der Waals surface area contributed by atoms with E-state index in [0.717, 1.165) is 30.9 Å². The zero-order chi connectivity index (χ0) is 13.2. The topological polar surface area (TPSA) is 55.0 Å². The van der Waals surface area contributed by atoms with Crippen LogP contribution in [0.5, 0.6) is 0 Å². The van der Waals surface area contributed by atoms with E-state index in [4.69, 9.17) is 5.73 Å². The van der Waals surface area contributed by atoms with E-state index < -0.39 is 0 Å². The van der Waals surface area contributed by atoms with Gasteiger partial charge in [0, 0.05) is 23.8 Å². The van der Waals surface area contributed by atoms with Crippen molar-refractivity contribution >= 4 is 17.3 Å². The first-order chi connectivity index (χ1) is 9.29. The van der Waals surface area contributed by atoms with Gasteiger partial charge in [-0.25, -0.2) is 9.97 Å². The zero-order valence-electron chi connectivity index (χ0n) is 11.0. The van der Waals surface area contributed by atoms with E-state index in [1.54, 1.807) is 0 Å². The number of rotatable bonds is 3. The lowest BCUT2D eigenvalue weighted by Gasteiger charge is -2.33. The van der Waals surface area contributed by atoms with Crippen molar-refractivity contribution in [1.82, 2.24) is 9.97 Å². The molecule has 0 saturated heterocycles. The van der Waals surface area contributed by atoms with E-state index >= 15 is 0 Å². The third-order valence-electron chi connectivity index (χ3n) is 3.66. The SMILES string of the molecule is CC1c2ccsc2CCN1c1ncc(CCN)cn1. The van der Waals surface area contributed by atoms with Crippen LogP contribution in [-0.4, -0.2) is 23.1 Å². The van der Waals surface area contributed by atoms with Crippen molar-refractivity contribution < 1.29 is 0 Å². The third kappa shape index (κ3) is 2.35. The monoisotopic (exact) mass is 274 g/mol. The molecule has 0 amide bonds. The van der Waals surface area contributed by atoms with Crippen molar-refractivity contribution in [3.63, 3.8) is 0 Å². The van der Waals surface area contributed by atoms with Gasteiger partial charge in [-0.15, -0.1) is 11.3 Å². The molecule has 2 aromatic heterocycles. The van der Waals surface area contributed by atoms with Crippen LogP contribution in [0.25, 0.3) is 0 Å². The molecule has 2 aromatic rings. The summed E-state index contributed by atoms with van der Waals surface area (Å²) in [5.41, 5.74) is 8.07. The van der Waals surface area contributed by atoms with Crippen molar-refractivity contribution in [2.45, 2.75) is 25.8 Å². The van der Waals surface area contributed by atoms with Crippen LogP contribution < -0.4 is 10.6 Å². The summed E-state index contributed by atoms with van der Waals surface area (Å²) in [4.78, 5) is 12.8. The molecule has 1 aliphatic rings. The quantitative estimate of drug-likeness (QED) is 0.932. The molecule has 0 spiro atoms. The first-order valence-electron chi connectivity index (χ1n) is 6.63. The smallest absolute Gasteiger partial charge is 0.225 e. The highest BCUT2D eigenvalue weighted by atomic mass is 32.1. The molecule has 1 unspecified atom stereocenters. The van der Waals surface area contributed by atoms with E-state index in [0.29, 0.717) is 12.6 Å². The predicted molar refractivity (Wildman–Crippen MR) is 78.6 cm³/mol. The van der Waals surface area contributed by atoms with Crippen molar-refractivity contribution in [3.8, 4) is 0 Å². The average Bonchev–Trinajstić information content (AvgIpc) is 2.90. The van der Waals surface area contributed by atoms with Crippen LogP contribution in [0.2, 0.25) is 0 Å². The van der Waals surface area contributed by atoms with Crippen LogP contribution in [0.15, 0.2) is 23.8 Å². The normalized spacial score (nSPS) is 18.4. The van der Waals surface area contributed by atoms with Gasteiger partial charge in [0.2, 0.25) is 5.95 Å². The van der Waals surface area contributed by atoms with Crippen LogP contribution in [0, 0.1) is 0 Å². The Morgan fingerprint density at radius 3 is 2.95 bits per heavy atom. The summed E-state index contributed by atoms with van der Waals surface area (Å²) in [5.74, 6) is 0.824. The molecule has 5 heteroatoms. The first kappa shape index (κ1) is 12.6. The minimum atomic E-state index is 0.357. The first-order valence-corrected chi connectivity index (χ1v) is 7.51. The zero-order valence-corrected chi connectivity index (χ0v) is 11.9. The molecular formula is C14H18N4S. The summed E-state index contributed by atoms with van der Waals surface area (Å²) in [6.45, 7) is 3.86. The lowest BCUT2D eigenvalue weighted by Crippen LogP contribution is -2.34. The summed E-state index contributed by atoms with van der Waals surface area (Å²) in [5, 5.41) is 2.18. The summed E-state index contributed by atoms with van der Waals surface area (Å²) >= 11 is 1.85. The number of aromatic nitrogens is 2. The van der Waals surface area contributed by atoms with Gasteiger partial charge in [-0.3, -0.25) is 0 Å². The number of hydrogen-bond acceptors (Lipinski definition) is 5. The Labute approximate surface area is 117 Å². The molecule has 0 radical (unpaired) electrons. The Balaban J connectivity index is 1.83. The Hall–Kier alpha value is -1.46. The van der Waals surface area contributed by atoms with Crippen molar-refractivity contribution in [3.05, 3.63) is 39.8 Å². The van der Waals surface area contributed by atoms with Crippen molar-refractivity contribution in [1.29, 1.82) is 0 Å². The summed E-state index contributed by atoms with van der Waals surface area (Å²) in [6, 6.07) is 2.58. The molecular weight excluding hydrogens is 256 g/mol. The van der Waals surface area contributed by atoms with Crippen LogP contribution in [-0.2, 0) is 12.8 Å².